The highest BCUT2D eigenvalue weighted by molar-refractivity contribution is 7.90. The highest BCUT2D eigenvalue weighted by atomic mass is 32.2. The van der Waals surface area contributed by atoms with Crippen molar-refractivity contribution in [1.82, 2.24) is 0 Å². The Balaban J connectivity index is 3.34. The van der Waals surface area contributed by atoms with Gasteiger partial charge < -0.3 is 10.8 Å². The second-order valence-electron chi connectivity index (χ2n) is 2.83. The summed E-state index contributed by atoms with van der Waals surface area (Å²) in [5, 5.41) is 8.63. The van der Waals surface area contributed by atoms with Gasteiger partial charge in [0.15, 0.2) is 9.84 Å². The van der Waals surface area contributed by atoms with Crippen LogP contribution in [0.5, 0.6) is 0 Å². The van der Waals surface area contributed by atoms with Gasteiger partial charge >= 0.3 is 5.97 Å². The molecule has 0 fully saturated rings. The van der Waals surface area contributed by atoms with Crippen molar-refractivity contribution in [2.75, 3.05) is 12.0 Å². The fraction of sp³-hybridized carbons (Fsp3) is 0.125. The first-order valence-electron chi connectivity index (χ1n) is 3.65. The second kappa shape index (κ2) is 3.30. The lowest BCUT2D eigenvalue weighted by molar-refractivity contribution is 0.0698. The number of hydrogen-bond donors (Lipinski definition) is 2. The van der Waals surface area contributed by atoms with E-state index < -0.39 is 15.8 Å². The summed E-state index contributed by atoms with van der Waals surface area (Å²) >= 11 is 0. The van der Waals surface area contributed by atoms with Crippen molar-refractivity contribution in [3.8, 4) is 0 Å². The molecule has 3 N–H and O–H groups in total. The van der Waals surface area contributed by atoms with Gasteiger partial charge in [0, 0.05) is 11.9 Å². The van der Waals surface area contributed by atoms with E-state index >= 15 is 0 Å². The highest BCUT2D eigenvalue weighted by Crippen LogP contribution is 2.17. The summed E-state index contributed by atoms with van der Waals surface area (Å²) < 4.78 is 22.1. The van der Waals surface area contributed by atoms with E-state index in [1.165, 1.54) is 12.1 Å². The number of nitrogen functional groups attached to an aromatic ring is 1. The number of carboxylic acids is 1. The maximum atomic E-state index is 11.1. The molecule has 0 unspecified atom stereocenters. The van der Waals surface area contributed by atoms with E-state index in [9.17, 15) is 13.2 Å². The van der Waals surface area contributed by atoms with Gasteiger partial charge in [-0.15, -0.1) is 0 Å². The van der Waals surface area contributed by atoms with E-state index in [1.54, 1.807) is 0 Å². The zero-order valence-corrected chi connectivity index (χ0v) is 8.21. The fourth-order valence-corrected chi connectivity index (χ4v) is 1.62. The predicted molar refractivity (Wildman–Crippen MR) is 50.9 cm³/mol. The van der Waals surface area contributed by atoms with Crippen LogP contribution in [0.4, 0.5) is 5.69 Å². The molecule has 1 aromatic rings. The van der Waals surface area contributed by atoms with Gasteiger partial charge in [-0.1, -0.05) is 0 Å². The number of anilines is 1. The van der Waals surface area contributed by atoms with E-state index in [0.29, 0.717) is 0 Å². The zero-order chi connectivity index (χ0) is 10.9. The number of nitrogens with two attached hydrogens (primary N) is 1. The smallest absolute Gasteiger partial charge is 0.337 e. The van der Waals surface area contributed by atoms with Crippen molar-refractivity contribution < 1.29 is 18.3 Å². The van der Waals surface area contributed by atoms with Crippen LogP contribution in [0.25, 0.3) is 0 Å². The first kappa shape index (κ1) is 10.5. The van der Waals surface area contributed by atoms with Crippen molar-refractivity contribution in [1.29, 1.82) is 0 Å². The minimum atomic E-state index is -3.34. The van der Waals surface area contributed by atoms with Gasteiger partial charge in [-0.25, -0.2) is 13.2 Å². The minimum Gasteiger partial charge on any atom is -0.478 e. The molecule has 0 spiro atoms. The number of rotatable bonds is 2. The van der Waals surface area contributed by atoms with Crippen molar-refractivity contribution in [3.63, 3.8) is 0 Å². The molecule has 0 saturated heterocycles. The molecule has 0 atom stereocenters. The van der Waals surface area contributed by atoms with E-state index in [1.807, 2.05) is 0 Å². The maximum absolute atomic E-state index is 11.1. The standard InChI is InChI=1S/C8H9NO4S/c1-14(12,13)5-2-3-6(8(10)11)7(9)4-5/h2-4H,9H2,1H3,(H,10,11). The van der Waals surface area contributed by atoms with Gasteiger partial charge in [-0.3, -0.25) is 0 Å². The Labute approximate surface area is 81.1 Å². The van der Waals surface area contributed by atoms with Crippen LogP contribution in [0.1, 0.15) is 10.4 Å². The molecule has 76 valence electrons. The molecule has 0 saturated carbocycles. The average molecular weight is 215 g/mol. The zero-order valence-electron chi connectivity index (χ0n) is 7.39. The summed E-state index contributed by atoms with van der Waals surface area (Å²) in [7, 11) is -3.34. The van der Waals surface area contributed by atoms with E-state index in [2.05, 4.69) is 0 Å². The monoisotopic (exact) mass is 215 g/mol. The van der Waals surface area contributed by atoms with E-state index in [-0.39, 0.29) is 16.1 Å². The minimum absolute atomic E-state index is 0.0139. The first-order valence-corrected chi connectivity index (χ1v) is 5.54. The third-order valence-corrected chi connectivity index (χ3v) is 2.79. The van der Waals surface area contributed by atoms with Crippen LogP contribution < -0.4 is 5.73 Å². The molecule has 5 nitrogen and oxygen atoms in total. The number of carbonyl (C=O) groups is 1. The SMILES string of the molecule is CS(=O)(=O)c1ccc(C(=O)O)c(N)c1. The Hall–Kier alpha value is -1.56. The summed E-state index contributed by atoms with van der Waals surface area (Å²) in [5.74, 6) is -1.18. The Bertz CT molecular complexity index is 478. The number of carboxylic acid groups (broad SMARTS) is 1. The molecule has 0 bridgehead atoms. The Kier molecular flexibility index (Phi) is 2.48. The Morgan fingerprint density at radius 3 is 2.36 bits per heavy atom. The normalized spacial score (nSPS) is 11.2. The molecule has 0 aliphatic heterocycles. The molecule has 0 aromatic heterocycles. The summed E-state index contributed by atoms with van der Waals surface area (Å²) in [6, 6.07) is 3.53. The Morgan fingerprint density at radius 1 is 1.43 bits per heavy atom. The molecule has 0 heterocycles. The van der Waals surface area contributed by atoms with E-state index in [0.717, 1.165) is 12.3 Å². The van der Waals surface area contributed by atoms with Crippen LogP contribution in [0.2, 0.25) is 0 Å². The topological polar surface area (TPSA) is 97.5 Å². The molecule has 1 rings (SSSR count). The lowest BCUT2D eigenvalue weighted by Crippen LogP contribution is -2.05. The van der Waals surface area contributed by atoms with Crippen molar-refractivity contribution in [2.45, 2.75) is 4.90 Å². The molecule has 0 radical (unpaired) electrons. The first-order chi connectivity index (χ1) is 6.32. The Morgan fingerprint density at radius 2 is 2.00 bits per heavy atom. The van der Waals surface area contributed by atoms with Crippen LogP contribution >= 0.6 is 0 Å². The van der Waals surface area contributed by atoms with Gasteiger partial charge in [0.1, 0.15) is 0 Å². The van der Waals surface area contributed by atoms with Crippen LogP contribution in [-0.4, -0.2) is 25.7 Å². The number of benzene rings is 1. The van der Waals surface area contributed by atoms with Gasteiger partial charge in [-0.2, -0.15) is 0 Å². The molecule has 1 aromatic carbocycles. The number of aromatic carboxylic acids is 1. The van der Waals surface area contributed by atoms with Gasteiger partial charge in [0.05, 0.1) is 10.5 Å². The summed E-state index contributed by atoms with van der Waals surface area (Å²) in [6.45, 7) is 0. The van der Waals surface area contributed by atoms with Crippen LogP contribution in [0.3, 0.4) is 0 Å². The summed E-state index contributed by atoms with van der Waals surface area (Å²) in [6.07, 6.45) is 1.03. The summed E-state index contributed by atoms with van der Waals surface area (Å²) in [5.41, 5.74) is 5.22. The quantitative estimate of drug-likeness (QED) is 0.694. The number of sulfone groups is 1. The van der Waals surface area contributed by atoms with E-state index in [4.69, 9.17) is 10.8 Å². The number of hydrogen-bond acceptors (Lipinski definition) is 4. The highest BCUT2D eigenvalue weighted by Gasteiger charge is 2.12. The van der Waals surface area contributed by atoms with Gasteiger partial charge in [0.2, 0.25) is 0 Å². The van der Waals surface area contributed by atoms with Crippen LogP contribution in [0, 0.1) is 0 Å². The van der Waals surface area contributed by atoms with Crippen molar-refractivity contribution in [2.24, 2.45) is 0 Å². The fourth-order valence-electron chi connectivity index (χ4n) is 0.966. The lowest BCUT2D eigenvalue weighted by Gasteiger charge is -2.02. The van der Waals surface area contributed by atoms with Gasteiger partial charge in [0.25, 0.3) is 0 Å². The second-order valence-corrected chi connectivity index (χ2v) is 4.84. The molecule has 6 heteroatoms. The third-order valence-electron chi connectivity index (χ3n) is 1.68. The molecular weight excluding hydrogens is 206 g/mol. The van der Waals surface area contributed by atoms with Crippen LogP contribution in [-0.2, 0) is 9.84 Å². The molecule has 0 amide bonds. The maximum Gasteiger partial charge on any atom is 0.337 e. The molecule has 14 heavy (non-hydrogen) atoms. The summed E-state index contributed by atoms with van der Waals surface area (Å²) in [4.78, 5) is 10.6. The predicted octanol–water partition coefficient (Wildman–Crippen LogP) is 0.371. The molecular formula is C8H9NO4S. The van der Waals surface area contributed by atoms with Crippen molar-refractivity contribution in [3.05, 3.63) is 23.8 Å². The third kappa shape index (κ3) is 2.02. The average Bonchev–Trinajstić information content (AvgIpc) is 2.01. The van der Waals surface area contributed by atoms with Crippen LogP contribution in [0.15, 0.2) is 23.1 Å². The molecule has 0 aliphatic rings. The molecule has 0 aliphatic carbocycles. The largest absolute Gasteiger partial charge is 0.478 e. The van der Waals surface area contributed by atoms with Crippen molar-refractivity contribution >= 4 is 21.5 Å². The lowest BCUT2D eigenvalue weighted by atomic mass is 10.2. The van der Waals surface area contributed by atoms with Gasteiger partial charge in [-0.05, 0) is 18.2 Å².